The van der Waals surface area contributed by atoms with Gasteiger partial charge in [-0.15, -0.1) is 0 Å². The molecule has 5 heterocycles. The van der Waals surface area contributed by atoms with Gasteiger partial charge in [-0.1, -0.05) is 18.2 Å². The third-order valence-corrected chi connectivity index (χ3v) is 7.87. The molecule has 2 aliphatic rings. The summed E-state index contributed by atoms with van der Waals surface area (Å²) in [6.07, 6.45) is 0.846. The van der Waals surface area contributed by atoms with Crippen molar-refractivity contribution < 1.29 is 18.0 Å². The zero-order chi connectivity index (χ0) is 26.2. The van der Waals surface area contributed by atoms with Crippen molar-refractivity contribution in [2.75, 3.05) is 29.1 Å². The van der Waals surface area contributed by atoms with Crippen LogP contribution in [0, 0.1) is 13.8 Å². The molecular weight excluding hydrogens is 503 g/mol. The largest absolute Gasteiger partial charge is 0.417 e. The molecule has 0 radical (unpaired) electrons. The van der Waals surface area contributed by atoms with Gasteiger partial charge in [-0.25, -0.2) is 14.5 Å². The van der Waals surface area contributed by atoms with E-state index in [1.807, 2.05) is 25.6 Å². The molecule has 4 aromatic rings. The van der Waals surface area contributed by atoms with Crippen LogP contribution in [0.5, 0.6) is 0 Å². The maximum atomic E-state index is 13.1. The van der Waals surface area contributed by atoms with Gasteiger partial charge in [0, 0.05) is 24.8 Å². The number of imidazole rings is 1. The van der Waals surface area contributed by atoms with Gasteiger partial charge in [0.15, 0.2) is 5.65 Å². The molecule has 0 aliphatic carbocycles. The standard InChI is InChI=1S/C15H12F3N3.C10H12N4OS/c1-9-7-13(20-21-10(2)8-19-14(9)21)11-5-3-4-6-12(11)15(16,17)18;15-7-12-8-1-3-11-9(13-8)14-5-10(6-14)2-4-16-10/h3-8H,1-2H3;1,3,7H,2,4-6H2,(H,11,12,13,15). The molecule has 0 bridgehead atoms. The number of halogens is 3. The number of thioether (sulfide) groups is 1. The van der Waals surface area contributed by atoms with E-state index in [4.69, 9.17) is 0 Å². The highest BCUT2D eigenvalue weighted by atomic mass is 32.2. The Morgan fingerprint density at radius 1 is 1.14 bits per heavy atom. The summed E-state index contributed by atoms with van der Waals surface area (Å²) in [7, 11) is 0. The van der Waals surface area contributed by atoms with Gasteiger partial charge in [-0.2, -0.15) is 35.0 Å². The molecule has 1 spiro atoms. The van der Waals surface area contributed by atoms with E-state index in [0.29, 0.717) is 28.6 Å². The van der Waals surface area contributed by atoms with Crippen molar-refractivity contribution in [1.82, 2.24) is 24.6 Å². The van der Waals surface area contributed by atoms with Crippen molar-refractivity contribution in [3.8, 4) is 11.3 Å². The summed E-state index contributed by atoms with van der Waals surface area (Å²) in [6, 6.07) is 8.77. The molecule has 1 aromatic carbocycles. The van der Waals surface area contributed by atoms with Crippen LogP contribution in [-0.4, -0.2) is 54.6 Å². The lowest BCUT2D eigenvalue weighted by Gasteiger charge is -2.54. The van der Waals surface area contributed by atoms with Gasteiger partial charge in [0.25, 0.3) is 0 Å². The van der Waals surface area contributed by atoms with E-state index in [-0.39, 0.29) is 11.3 Å². The van der Waals surface area contributed by atoms with Crippen LogP contribution in [0.25, 0.3) is 16.9 Å². The summed E-state index contributed by atoms with van der Waals surface area (Å²) >= 11 is 2.04. The van der Waals surface area contributed by atoms with E-state index in [9.17, 15) is 18.0 Å². The van der Waals surface area contributed by atoms with Crippen LogP contribution < -0.4 is 10.2 Å². The summed E-state index contributed by atoms with van der Waals surface area (Å²) in [4.78, 5) is 25.2. The molecule has 2 fully saturated rings. The number of hydrogen-bond acceptors (Lipinski definition) is 7. The van der Waals surface area contributed by atoms with Crippen molar-refractivity contribution in [3.63, 3.8) is 0 Å². The molecule has 12 heteroatoms. The highest BCUT2D eigenvalue weighted by Gasteiger charge is 2.49. The number of aromatic nitrogens is 5. The van der Waals surface area contributed by atoms with Crippen LogP contribution in [0.1, 0.15) is 23.2 Å². The van der Waals surface area contributed by atoms with E-state index in [2.05, 4.69) is 30.3 Å². The third-order valence-electron chi connectivity index (χ3n) is 6.39. The topological polar surface area (TPSA) is 88.3 Å². The van der Waals surface area contributed by atoms with Crippen LogP contribution >= 0.6 is 11.8 Å². The van der Waals surface area contributed by atoms with Gasteiger partial charge in [0.1, 0.15) is 5.82 Å². The Morgan fingerprint density at radius 2 is 1.89 bits per heavy atom. The number of alkyl halides is 3. The molecule has 2 aliphatic heterocycles. The minimum absolute atomic E-state index is 0.0723. The normalized spacial score (nSPS) is 16.0. The quantitative estimate of drug-likeness (QED) is 0.383. The van der Waals surface area contributed by atoms with Crippen LogP contribution in [0.2, 0.25) is 0 Å². The predicted molar refractivity (Wildman–Crippen MR) is 137 cm³/mol. The second kappa shape index (κ2) is 9.66. The number of rotatable bonds is 4. The number of nitrogens with one attached hydrogen (secondary N) is 1. The SMILES string of the molecule is Cc1cc(-c2ccccc2C(F)(F)F)nn2c(C)cnc12.O=CNc1ccnc(N2CC3(CCS3)C2)n1. The van der Waals surface area contributed by atoms with E-state index in [0.717, 1.165) is 30.4 Å². The zero-order valence-electron chi connectivity index (χ0n) is 20.2. The molecule has 37 heavy (non-hydrogen) atoms. The van der Waals surface area contributed by atoms with E-state index >= 15 is 0 Å². The smallest absolute Gasteiger partial charge is 0.338 e. The average Bonchev–Trinajstić information content (AvgIpc) is 3.19. The maximum absolute atomic E-state index is 13.1. The lowest BCUT2D eigenvalue weighted by atomic mass is 9.95. The monoisotopic (exact) mass is 527 g/mol. The number of benzene rings is 1. The van der Waals surface area contributed by atoms with Gasteiger partial charge in [0.2, 0.25) is 12.4 Å². The number of nitrogens with zero attached hydrogens (tertiary/aromatic N) is 6. The molecule has 192 valence electrons. The average molecular weight is 528 g/mol. The molecule has 1 amide bonds. The van der Waals surface area contributed by atoms with Crippen molar-refractivity contribution in [2.24, 2.45) is 0 Å². The molecule has 6 rings (SSSR count). The van der Waals surface area contributed by atoms with Crippen LogP contribution in [0.15, 0.2) is 48.8 Å². The Bertz CT molecular complexity index is 1440. The Balaban J connectivity index is 0.000000157. The molecule has 3 aromatic heterocycles. The molecule has 0 saturated carbocycles. The number of fused-ring (bicyclic) bond motifs is 1. The highest BCUT2D eigenvalue weighted by Crippen LogP contribution is 2.48. The Morgan fingerprint density at radius 3 is 2.57 bits per heavy atom. The van der Waals surface area contributed by atoms with E-state index in [1.54, 1.807) is 35.1 Å². The van der Waals surface area contributed by atoms with Gasteiger partial charge >= 0.3 is 6.18 Å². The van der Waals surface area contributed by atoms with Gasteiger partial charge in [-0.05, 0) is 49.8 Å². The van der Waals surface area contributed by atoms with Crippen molar-refractivity contribution in [3.05, 3.63) is 65.6 Å². The number of carbonyl (C=O) groups excluding carboxylic acids is 1. The molecule has 8 nitrogen and oxygen atoms in total. The fraction of sp³-hybridized carbons (Fsp3) is 0.320. The van der Waals surface area contributed by atoms with Crippen molar-refractivity contribution in [1.29, 1.82) is 0 Å². The number of anilines is 2. The van der Waals surface area contributed by atoms with Crippen LogP contribution in [-0.2, 0) is 11.0 Å². The Kier molecular flexibility index (Phi) is 6.52. The highest BCUT2D eigenvalue weighted by molar-refractivity contribution is 8.02. The molecule has 0 unspecified atom stereocenters. The van der Waals surface area contributed by atoms with Gasteiger partial charge < -0.3 is 10.2 Å². The summed E-state index contributed by atoms with van der Waals surface area (Å²) in [5.74, 6) is 2.55. The first-order valence-electron chi connectivity index (χ1n) is 11.6. The Labute approximate surface area is 215 Å². The maximum Gasteiger partial charge on any atom is 0.417 e. The fourth-order valence-corrected chi connectivity index (χ4v) is 5.67. The lowest BCUT2D eigenvalue weighted by Crippen LogP contribution is -2.64. The lowest BCUT2D eigenvalue weighted by molar-refractivity contribution is -0.137. The minimum atomic E-state index is -4.41. The van der Waals surface area contributed by atoms with Crippen molar-refractivity contribution in [2.45, 2.75) is 31.2 Å². The van der Waals surface area contributed by atoms with E-state index in [1.165, 1.54) is 24.3 Å². The molecule has 2 saturated heterocycles. The summed E-state index contributed by atoms with van der Waals surface area (Å²) in [5, 5.41) is 6.83. The van der Waals surface area contributed by atoms with Gasteiger partial charge in [0.05, 0.1) is 27.9 Å². The van der Waals surface area contributed by atoms with E-state index < -0.39 is 11.7 Å². The molecular formula is C25H24F3N7OS. The van der Waals surface area contributed by atoms with Crippen LogP contribution in [0.4, 0.5) is 24.9 Å². The van der Waals surface area contributed by atoms with Crippen molar-refractivity contribution >= 4 is 35.6 Å². The first-order valence-corrected chi connectivity index (χ1v) is 12.6. The van der Waals surface area contributed by atoms with Crippen LogP contribution in [0.3, 0.4) is 0 Å². The second-order valence-corrected chi connectivity index (χ2v) is 10.6. The first-order chi connectivity index (χ1) is 17.7. The van der Waals surface area contributed by atoms with Gasteiger partial charge in [-0.3, -0.25) is 4.79 Å². The fourth-order valence-electron chi connectivity index (χ4n) is 4.39. The number of amides is 1. The Hall–Kier alpha value is -3.67. The zero-order valence-corrected chi connectivity index (χ0v) is 21.0. The predicted octanol–water partition coefficient (Wildman–Crippen LogP) is 4.77. The third kappa shape index (κ3) is 4.97. The summed E-state index contributed by atoms with van der Waals surface area (Å²) in [6.45, 7) is 5.68. The second-order valence-electron chi connectivity index (χ2n) is 9.03. The summed E-state index contributed by atoms with van der Waals surface area (Å²) in [5.41, 5.74) is 1.89. The number of aryl methyl sites for hydroxylation is 2. The molecule has 1 N–H and O–H groups in total. The number of carbonyl (C=O) groups is 1. The number of hydrogen-bond donors (Lipinski definition) is 1. The minimum Gasteiger partial charge on any atom is -0.338 e. The summed E-state index contributed by atoms with van der Waals surface area (Å²) < 4.78 is 41.4. The molecule has 0 atom stereocenters. The first kappa shape index (κ1) is 25.0.